The molecular formula is C32H49ClN4O4S3. The standard InChI is InChI=1S/C32H46N4O4S3.ClH.H2/c1-4-40-24(3)25-8-5-17-34(20-25)21-26-9-6-19-36(26)32(15-16-32)22-35-18-7-10-27(31(35)37)33-43(38,39)30-14-13-29(42-30)28-12-11-23(2)41-28;;/h11-14,25-27,33H,3-10,15-22H2,1-2H3;2*1H/t25?,26-,27-;;/m0../s1. The molecule has 44 heavy (non-hydrogen) atoms. The van der Waals surface area contributed by atoms with Gasteiger partial charge in [-0.15, -0.1) is 35.1 Å². The second kappa shape index (κ2) is 14.1. The molecule has 4 fully saturated rings. The highest BCUT2D eigenvalue weighted by atomic mass is 35.5. The normalized spacial score (nSPS) is 26.0. The van der Waals surface area contributed by atoms with E-state index in [-0.39, 0.29) is 29.5 Å². The van der Waals surface area contributed by atoms with Crippen LogP contribution in [0.5, 0.6) is 0 Å². The van der Waals surface area contributed by atoms with Gasteiger partial charge in [0, 0.05) is 59.7 Å². The first-order valence-corrected chi connectivity index (χ1v) is 19.1. The van der Waals surface area contributed by atoms with Crippen LogP contribution in [-0.4, -0.2) is 92.5 Å². The van der Waals surface area contributed by atoms with Crippen molar-refractivity contribution in [2.24, 2.45) is 5.92 Å². The maximum atomic E-state index is 13.7. The monoisotopic (exact) mass is 684 g/mol. The molecule has 1 unspecified atom stereocenters. The predicted molar refractivity (Wildman–Crippen MR) is 183 cm³/mol. The summed E-state index contributed by atoms with van der Waals surface area (Å²) in [5, 5.41) is 0. The number of sulfonamides is 1. The quantitative estimate of drug-likeness (QED) is 0.277. The van der Waals surface area contributed by atoms with Gasteiger partial charge in [-0.2, -0.15) is 4.72 Å². The van der Waals surface area contributed by atoms with Gasteiger partial charge < -0.3 is 14.5 Å². The highest BCUT2D eigenvalue weighted by Crippen LogP contribution is 2.47. The molecule has 8 nitrogen and oxygen atoms in total. The van der Waals surface area contributed by atoms with E-state index < -0.39 is 16.1 Å². The Kier molecular flexibility index (Phi) is 10.9. The van der Waals surface area contributed by atoms with E-state index in [2.05, 4.69) is 21.1 Å². The van der Waals surface area contributed by atoms with E-state index in [1.165, 1.54) is 35.5 Å². The molecule has 3 saturated heterocycles. The Balaban J connectivity index is 0.00000230. The summed E-state index contributed by atoms with van der Waals surface area (Å²) >= 11 is 2.92. The number of rotatable bonds is 12. The molecule has 1 N–H and O–H groups in total. The predicted octanol–water partition coefficient (Wildman–Crippen LogP) is 5.98. The summed E-state index contributed by atoms with van der Waals surface area (Å²) in [6.45, 7) is 14.6. The van der Waals surface area contributed by atoms with Gasteiger partial charge in [-0.25, -0.2) is 8.42 Å². The molecule has 12 heteroatoms. The Morgan fingerprint density at radius 1 is 1.07 bits per heavy atom. The number of halogens is 1. The second-order valence-corrected chi connectivity index (χ2v) is 17.1. The molecule has 6 rings (SSSR count). The Labute approximate surface area is 278 Å². The number of likely N-dealkylation sites (tertiary alicyclic amines) is 3. The van der Waals surface area contributed by atoms with Gasteiger partial charge >= 0.3 is 0 Å². The minimum Gasteiger partial charge on any atom is -0.499 e. The van der Waals surface area contributed by atoms with E-state index in [0.717, 1.165) is 67.4 Å². The first kappa shape index (κ1) is 33.9. The summed E-state index contributed by atoms with van der Waals surface area (Å²) in [6, 6.07) is 7.38. The van der Waals surface area contributed by atoms with E-state index in [0.29, 0.717) is 38.1 Å². The molecule has 2 aromatic heterocycles. The first-order valence-electron chi connectivity index (χ1n) is 16.0. The van der Waals surface area contributed by atoms with Crippen LogP contribution in [0.3, 0.4) is 0 Å². The lowest BCUT2D eigenvalue weighted by atomic mass is 9.96. The van der Waals surface area contributed by atoms with Crippen molar-refractivity contribution in [3.63, 3.8) is 0 Å². The van der Waals surface area contributed by atoms with Crippen molar-refractivity contribution in [3.8, 4) is 9.75 Å². The van der Waals surface area contributed by atoms with Gasteiger partial charge in [0.25, 0.3) is 10.0 Å². The van der Waals surface area contributed by atoms with E-state index >= 15 is 0 Å². The summed E-state index contributed by atoms with van der Waals surface area (Å²) in [7, 11) is -3.79. The number of piperidine rings is 2. The Bertz CT molecular complexity index is 1430. The summed E-state index contributed by atoms with van der Waals surface area (Å²) in [6.07, 6.45) is 8.27. The lowest BCUT2D eigenvalue weighted by Gasteiger charge is -2.42. The number of thiophene rings is 2. The molecule has 0 aromatic carbocycles. The zero-order valence-corrected chi connectivity index (χ0v) is 29.2. The first-order chi connectivity index (χ1) is 20.7. The van der Waals surface area contributed by atoms with E-state index in [4.69, 9.17) is 4.74 Å². The fraction of sp³-hybridized carbons (Fsp3) is 0.656. The van der Waals surface area contributed by atoms with Crippen LogP contribution in [-0.2, 0) is 19.6 Å². The average molecular weight is 685 g/mol. The largest absolute Gasteiger partial charge is 0.499 e. The fourth-order valence-electron chi connectivity index (χ4n) is 7.39. The number of hydrogen-bond acceptors (Lipinski definition) is 8. The van der Waals surface area contributed by atoms with Crippen molar-refractivity contribution in [1.29, 1.82) is 0 Å². The minimum atomic E-state index is -3.79. The van der Waals surface area contributed by atoms with Crippen LogP contribution in [0.15, 0.2) is 40.8 Å². The molecule has 5 heterocycles. The van der Waals surface area contributed by atoms with Crippen molar-refractivity contribution in [3.05, 3.63) is 41.5 Å². The van der Waals surface area contributed by atoms with Gasteiger partial charge in [0.2, 0.25) is 5.91 Å². The second-order valence-electron chi connectivity index (χ2n) is 12.8. The van der Waals surface area contributed by atoms with Crippen LogP contribution in [0, 0.1) is 12.8 Å². The zero-order chi connectivity index (χ0) is 30.2. The third-order valence-electron chi connectivity index (χ3n) is 9.72. The number of carbonyl (C=O) groups excluding carboxylic acids is 1. The molecule has 2 aromatic rings. The minimum absolute atomic E-state index is 0. The molecule has 1 saturated carbocycles. The maximum absolute atomic E-state index is 13.7. The van der Waals surface area contributed by atoms with Crippen LogP contribution < -0.4 is 4.72 Å². The SMILES string of the molecule is C=C(OCC)C1CCCN(C[C@@H]2CCCN2C2(CN3CCC[C@H](NS(=O)(=O)c4ccc(-c5ccc(C)s5)s4)C3=O)CC2)C1.Cl.[HH]. The molecule has 3 aliphatic heterocycles. The Morgan fingerprint density at radius 2 is 1.80 bits per heavy atom. The number of nitrogens with zero attached hydrogens (tertiary/aromatic N) is 3. The zero-order valence-electron chi connectivity index (χ0n) is 26.0. The van der Waals surface area contributed by atoms with Gasteiger partial charge in [-0.05, 0) is 103 Å². The molecule has 4 aliphatic rings. The lowest BCUT2D eigenvalue weighted by molar-refractivity contribution is -0.136. The molecule has 246 valence electrons. The number of carbonyl (C=O) groups is 1. The summed E-state index contributed by atoms with van der Waals surface area (Å²) in [5.74, 6) is 1.27. The molecular weight excluding hydrogens is 636 g/mol. The van der Waals surface area contributed by atoms with Crippen LogP contribution in [0.1, 0.15) is 64.6 Å². The summed E-state index contributed by atoms with van der Waals surface area (Å²) < 4.78 is 35.5. The molecule has 1 amide bonds. The Hall–Kier alpha value is -1.47. The molecule has 0 spiro atoms. The van der Waals surface area contributed by atoms with Crippen LogP contribution >= 0.6 is 35.1 Å². The van der Waals surface area contributed by atoms with Crippen LogP contribution in [0.2, 0.25) is 0 Å². The van der Waals surface area contributed by atoms with Crippen LogP contribution in [0.25, 0.3) is 9.75 Å². The fourth-order valence-corrected chi connectivity index (χ4v) is 10.9. The van der Waals surface area contributed by atoms with E-state index in [1.807, 2.05) is 36.9 Å². The number of ether oxygens (including phenoxy) is 1. The van der Waals surface area contributed by atoms with Crippen molar-refractivity contribution < 1.29 is 19.4 Å². The van der Waals surface area contributed by atoms with Gasteiger partial charge in [-0.3, -0.25) is 9.69 Å². The van der Waals surface area contributed by atoms with E-state index in [9.17, 15) is 13.2 Å². The van der Waals surface area contributed by atoms with Crippen molar-refractivity contribution in [2.75, 3.05) is 45.9 Å². The highest BCUT2D eigenvalue weighted by Gasteiger charge is 2.53. The van der Waals surface area contributed by atoms with Gasteiger partial charge in [-0.1, -0.05) is 6.58 Å². The summed E-state index contributed by atoms with van der Waals surface area (Å²) in [4.78, 5) is 24.1. The van der Waals surface area contributed by atoms with Crippen molar-refractivity contribution in [2.45, 2.75) is 87.0 Å². The van der Waals surface area contributed by atoms with Crippen molar-refractivity contribution in [1.82, 2.24) is 19.4 Å². The number of aryl methyl sites for hydroxylation is 1. The molecule has 3 atom stereocenters. The topological polar surface area (TPSA) is 82.2 Å². The molecule has 1 aliphatic carbocycles. The number of nitrogens with one attached hydrogen (secondary N) is 1. The third-order valence-corrected chi connectivity index (χ3v) is 14.0. The smallest absolute Gasteiger partial charge is 0.250 e. The summed E-state index contributed by atoms with van der Waals surface area (Å²) in [5.41, 5.74) is 0.0309. The molecule has 0 bridgehead atoms. The number of hydrogen-bond donors (Lipinski definition) is 1. The van der Waals surface area contributed by atoms with Crippen molar-refractivity contribution >= 4 is 51.0 Å². The molecule has 0 radical (unpaired) electrons. The van der Waals surface area contributed by atoms with Gasteiger partial charge in [0.15, 0.2) is 0 Å². The third kappa shape index (κ3) is 7.40. The van der Waals surface area contributed by atoms with Crippen LogP contribution in [0.4, 0.5) is 0 Å². The average Bonchev–Trinajstić information content (AvgIpc) is 3.36. The van der Waals surface area contributed by atoms with Gasteiger partial charge in [0.1, 0.15) is 10.3 Å². The number of amides is 1. The highest BCUT2D eigenvalue weighted by molar-refractivity contribution is 7.91. The maximum Gasteiger partial charge on any atom is 0.250 e. The Morgan fingerprint density at radius 3 is 2.52 bits per heavy atom. The van der Waals surface area contributed by atoms with E-state index in [1.54, 1.807) is 17.4 Å². The van der Waals surface area contributed by atoms with Gasteiger partial charge in [0.05, 0.1) is 12.4 Å². The lowest BCUT2D eigenvalue weighted by Crippen LogP contribution is -2.57.